The number of aryl methyl sites for hydroxylation is 1. The van der Waals surface area contributed by atoms with E-state index in [1.807, 2.05) is 30.1 Å². The molecule has 1 N–H and O–H groups in total. The van der Waals surface area contributed by atoms with Crippen LogP contribution in [0.1, 0.15) is 75.8 Å². The molecule has 2 unspecified atom stereocenters. The summed E-state index contributed by atoms with van der Waals surface area (Å²) in [4.78, 5) is 28.0. The predicted molar refractivity (Wildman–Crippen MR) is 135 cm³/mol. The molecule has 5 rings (SSSR count). The van der Waals surface area contributed by atoms with Crippen molar-refractivity contribution in [3.63, 3.8) is 0 Å². The maximum atomic E-state index is 15.1. The molecular weight excluding hydrogens is 445 g/mol. The first-order chi connectivity index (χ1) is 17.0. The number of benzene rings is 1. The fourth-order valence-electron chi connectivity index (χ4n) is 6.17. The molecule has 3 aliphatic rings. The Labute approximate surface area is 207 Å². The zero-order valence-corrected chi connectivity index (χ0v) is 20.8. The van der Waals surface area contributed by atoms with Crippen LogP contribution in [0.3, 0.4) is 0 Å². The third-order valence-corrected chi connectivity index (χ3v) is 8.25. The molecule has 2 amide bonds. The molecule has 3 fully saturated rings. The summed E-state index contributed by atoms with van der Waals surface area (Å²) >= 11 is 0. The van der Waals surface area contributed by atoms with Crippen molar-refractivity contribution >= 4 is 28.4 Å². The standard InChI is InChI=1S/C27H38FN5O2/c1-31-23-17-20(10-11-21(23)26(30-31)22-12-13-25(34)29-27(22)35)33-16-15-32(24(28)18-33)14-6-5-9-19-7-3-2-4-8-19/h10-11,17,19,22,24H,2-9,12-16,18H2,1H3,(H,29,34,35). The van der Waals surface area contributed by atoms with Crippen molar-refractivity contribution in [1.29, 1.82) is 0 Å². The van der Waals surface area contributed by atoms with Crippen molar-refractivity contribution in [3.05, 3.63) is 23.9 Å². The van der Waals surface area contributed by atoms with E-state index in [0.29, 0.717) is 25.1 Å². The molecule has 2 aromatic rings. The lowest BCUT2D eigenvalue weighted by Crippen LogP contribution is -2.51. The second-order valence-corrected chi connectivity index (χ2v) is 10.6. The van der Waals surface area contributed by atoms with Gasteiger partial charge in [0.2, 0.25) is 11.8 Å². The minimum absolute atomic E-state index is 0.224. The maximum Gasteiger partial charge on any atom is 0.235 e. The lowest BCUT2D eigenvalue weighted by molar-refractivity contribution is -0.134. The van der Waals surface area contributed by atoms with Gasteiger partial charge in [-0.25, -0.2) is 4.39 Å². The van der Waals surface area contributed by atoms with Gasteiger partial charge in [0, 0.05) is 44.2 Å². The molecule has 0 bridgehead atoms. The highest BCUT2D eigenvalue weighted by Gasteiger charge is 2.32. The average Bonchev–Trinajstić information content (AvgIpc) is 3.18. The van der Waals surface area contributed by atoms with Crippen LogP contribution in [0.2, 0.25) is 0 Å². The number of fused-ring (bicyclic) bond motifs is 1. The van der Waals surface area contributed by atoms with E-state index in [0.717, 1.165) is 48.6 Å². The number of rotatable bonds is 7. The van der Waals surface area contributed by atoms with Gasteiger partial charge in [0.1, 0.15) is 0 Å². The maximum absolute atomic E-state index is 15.1. The number of imide groups is 1. The number of amides is 2. The second-order valence-electron chi connectivity index (χ2n) is 10.6. The molecule has 0 radical (unpaired) electrons. The summed E-state index contributed by atoms with van der Waals surface area (Å²) in [5.41, 5.74) is 2.61. The van der Waals surface area contributed by atoms with Crippen molar-refractivity contribution in [2.24, 2.45) is 13.0 Å². The van der Waals surface area contributed by atoms with E-state index in [1.54, 1.807) is 4.68 Å². The van der Waals surface area contributed by atoms with Crippen LogP contribution in [0.4, 0.5) is 10.1 Å². The summed E-state index contributed by atoms with van der Waals surface area (Å²) in [6, 6.07) is 6.04. The van der Waals surface area contributed by atoms with Crippen molar-refractivity contribution in [2.45, 2.75) is 76.4 Å². The van der Waals surface area contributed by atoms with Gasteiger partial charge in [-0.3, -0.25) is 24.5 Å². The number of hydrogen-bond donors (Lipinski definition) is 1. The number of piperazine rings is 1. The Morgan fingerprint density at radius 1 is 1.09 bits per heavy atom. The van der Waals surface area contributed by atoms with E-state index >= 15 is 4.39 Å². The van der Waals surface area contributed by atoms with Gasteiger partial charge in [-0.1, -0.05) is 44.9 Å². The first kappa shape index (κ1) is 24.2. The third kappa shape index (κ3) is 5.37. The van der Waals surface area contributed by atoms with Crippen LogP contribution < -0.4 is 10.2 Å². The Morgan fingerprint density at radius 2 is 1.91 bits per heavy atom. The molecular formula is C27H38FN5O2. The first-order valence-electron chi connectivity index (χ1n) is 13.4. The van der Waals surface area contributed by atoms with E-state index < -0.39 is 12.2 Å². The lowest BCUT2D eigenvalue weighted by atomic mass is 9.86. The van der Waals surface area contributed by atoms with Crippen molar-refractivity contribution in [3.8, 4) is 0 Å². The number of halogens is 1. The summed E-state index contributed by atoms with van der Waals surface area (Å²) in [5, 5.41) is 7.96. The minimum Gasteiger partial charge on any atom is -0.366 e. The number of carbonyl (C=O) groups is 2. The van der Waals surface area contributed by atoms with E-state index in [2.05, 4.69) is 15.3 Å². The van der Waals surface area contributed by atoms with Crippen molar-refractivity contribution < 1.29 is 14.0 Å². The highest BCUT2D eigenvalue weighted by Crippen LogP contribution is 2.33. The molecule has 1 saturated carbocycles. The summed E-state index contributed by atoms with van der Waals surface area (Å²) in [6.45, 7) is 2.74. The number of alkyl halides is 1. The zero-order chi connectivity index (χ0) is 24.4. The molecule has 1 aromatic heterocycles. The molecule has 1 aromatic carbocycles. The molecule has 35 heavy (non-hydrogen) atoms. The van der Waals surface area contributed by atoms with Gasteiger partial charge in [0.25, 0.3) is 0 Å². The van der Waals surface area contributed by atoms with Gasteiger partial charge in [-0.05, 0) is 37.0 Å². The summed E-state index contributed by atoms with van der Waals surface area (Å²) in [7, 11) is 1.87. The summed E-state index contributed by atoms with van der Waals surface area (Å²) in [6.07, 6.45) is 10.4. The number of nitrogens with one attached hydrogen (secondary N) is 1. The molecule has 2 saturated heterocycles. The Morgan fingerprint density at radius 3 is 2.69 bits per heavy atom. The molecule has 2 atom stereocenters. The van der Waals surface area contributed by atoms with Gasteiger partial charge < -0.3 is 4.90 Å². The lowest BCUT2D eigenvalue weighted by Gasteiger charge is -2.38. The van der Waals surface area contributed by atoms with Crippen molar-refractivity contribution in [2.75, 3.05) is 31.1 Å². The van der Waals surface area contributed by atoms with Crippen LogP contribution in [0.5, 0.6) is 0 Å². The third-order valence-electron chi connectivity index (χ3n) is 8.25. The fraction of sp³-hybridized carbons (Fsp3) is 0.667. The number of unbranched alkanes of at least 4 members (excludes halogenated alkanes) is 1. The van der Waals surface area contributed by atoms with Gasteiger partial charge in [-0.15, -0.1) is 0 Å². The summed E-state index contributed by atoms with van der Waals surface area (Å²) < 4.78 is 16.9. The van der Waals surface area contributed by atoms with Gasteiger partial charge in [0.05, 0.1) is 23.7 Å². The van der Waals surface area contributed by atoms with Crippen molar-refractivity contribution in [1.82, 2.24) is 20.0 Å². The quantitative estimate of drug-likeness (QED) is 0.362. The monoisotopic (exact) mass is 483 g/mol. The van der Waals surface area contributed by atoms with E-state index in [9.17, 15) is 9.59 Å². The molecule has 0 spiro atoms. The Bertz CT molecular complexity index is 1060. The number of hydrogen-bond acceptors (Lipinski definition) is 5. The SMILES string of the molecule is Cn1nc(C2CCC(=O)NC2=O)c2ccc(N3CCN(CCCCC4CCCCC4)C(F)C3)cc21. The fourth-order valence-corrected chi connectivity index (χ4v) is 6.17. The smallest absolute Gasteiger partial charge is 0.235 e. The van der Waals surface area contributed by atoms with Crippen LogP contribution in [-0.4, -0.2) is 59.0 Å². The Balaban J connectivity index is 1.18. The minimum atomic E-state index is -0.959. The van der Waals surface area contributed by atoms with E-state index in [-0.39, 0.29) is 11.8 Å². The van der Waals surface area contributed by atoms with Gasteiger partial charge in [0.15, 0.2) is 6.30 Å². The number of piperidine rings is 1. The second kappa shape index (κ2) is 10.6. The number of nitrogens with zero attached hydrogens (tertiary/aromatic N) is 4. The van der Waals surface area contributed by atoms with E-state index in [1.165, 1.54) is 44.9 Å². The molecule has 1 aliphatic carbocycles. The number of anilines is 1. The van der Waals surface area contributed by atoms with Crippen LogP contribution in [0.15, 0.2) is 18.2 Å². The highest BCUT2D eigenvalue weighted by atomic mass is 19.1. The molecule has 7 nitrogen and oxygen atoms in total. The Hall–Kier alpha value is -2.48. The van der Waals surface area contributed by atoms with Gasteiger partial charge >= 0.3 is 0 Å². The topological polar surface area (TPSA) is 70.5 Å². The highest BCUT2D eigenvalue weighted by molar-refractivity contribution is 6.02. The molecule has 190 valence electrons. The largest absolute Gasteiger partial charge is 0.366 e. The van der Waals surface area contributed by atoms with Crippen LogP contribution in [0, 0.1) is 5.92 Å². The number of aromatic nitrogens is 2. The number of carbonyl (C=O) groups excluding carboxylic acids is 2. The van der Waals surface area contributed by atoms with Crippen LogP contribution >= 0.6 is 0 Å². The van der Waals surface area contributed by atoms with E-state index in [4.69, 9.17) is 0 Å². The molecule has 3 heterocycles. The zero-order valence-electron chi connectivity index (χ0n) is 20.8. The molecule has 8 heteroatoms. The summed E-state index contributed by atoms with van der Waals surface area (Å²) in [5.74, 6) is -0.0169. The first-order valence-corrected chi connectivity index (χ1v) is 13.4. The Kier molecular flexibility index (Phi) is 7.37. The normalized spacial score (nSPS) is 24.8. The van der Waals surface area contributed by atoms with Gasteiger partial charge in [-0.2, -0.15) is 5.10 Å². The van der Waals surface area contributed by atoms with Crippen LogP contribution in [0.25, 0.3) is 10.9 Å². The predicted octanol–water partition coefficient (Wildman–Crippen LogP) is 4.26. The molecule has 2 aliphatic heterocycles. The van der Waals surface area contributed by atoms with Crippen LogP contribution in [-0.2, 0) is 16.6 Å². The average molecular weight is 484 g/mol.